The van der Waals surface area contributed by atoms with E-state index in [1.807, 2.05) is 35.1 Å². The second-order valence-electron chi connectivity index (χ2n) is 6.43. The van der Waals surface area contributed by atoms with Crippen LogP contribution in [0, 0.1) is 0 Å². The number of nitrogens with zero attached hydrogens (tertiary/aromatic N) is 2. The van der Waals surface area contributed by atoms with Crippen LogP contribution in [0.25, 0.3) is 0 Å². The largest absolute Gasteiger partial charge is 0.474 e. The molecule has 0 bridgehead atoms. The lowest BCUT2D eigenvalue weighted by Crippen LogP contribution is -2.42. The van der Waals surface area contributed by atoms with Gasteiger partial charge in [0.1, 0.15) is 12.7 Å². The number of aliphatic hydroxyl groups excluding tert-OH is 1. The third-order valence-corrected chi connectivity index (χ3v) is 3.10. The van der Waals surface area contributed by atoms with Crippen molar-refractivity contribution in [3.05, 3.63) is 48.2 Å². The van der Waals surface area contributed by atoms with Gasteiger partial charge in [-0.3, -0.25) is 4.68 Å². The highest BCUT2D eigenvalue weighted by atomic mass is 16.5. The van der Waals surface area contributed by atoms with Gasteiger partial charge >= 0.3 is 0 Å². The third kappa shape index (κ3) is 5.87. The Morgan fingerprint density at radius 1 is 1.23 bits per heavy atom. The fourth-order valence-corrected chi connectivity index (χ4v) is 1.94. The van der Waals surface area contributed by atoms with Gasteiger partial charge in [-0.15, -0.1) is 5.10 Å². The van der Waals surface area contributed by atoms with Crippen LogP contribution in [0.4, 0.5) is 0 Å². The van der Waals surface area contributed by atoms with Crippen molar-refractivity contribution in [2.24, 2.45) is 0 Å². The van der Waals surface area contributed by atoms with E-state index in [2.05, 4.69) is 43.3 Å². The number of hydrogen-bond acceptors (Lipinski definition) is 4. The van der Waals surface area contributed by atoms with Crippen molar-refractivity contribution in [2.45, 2.75) is 39.0 Å². The van der Waals surface area contributed by atoms with Crippen molar-refractivity contribution in [2.75, 3.05) is 13.2 Å². The lowest BCUT2D eigenvalue weighted by molar-refractivity contribution is 0.0973. The SMILES string of the molecule is CC(C)(C)NCC(O)COc1ccn(Cc2ccccc2)n1. The summed E-state index contributed by atoms with van der Waals surface area (Å²) in [6, 6.07) is 11.9. The third-order valence-electron chi connectivity index (χ3n) is 3.10. The molecule has 0 radical (unpaired) electrons. The Kier molecular flexibility index (Phi) is 5.57. The first-order valence-corrected chi connectivity index (χ1v) is 7.56. The molecule has 0 fully saturated rings. The molecule has 1 aromatic carbocycles. The highest BCUT2D eigenvalue weighted by Gasteiger charge is 2.13. The number of ether oxygens (including phenoxy) is 1. The molecule has 0 spiro atoms. The number of β-amino-alcohol motifs (C(OH)–C–C–N with tert-alkyl or cyclic N) is 1. The number of hydrogen-bond donors (Lipinski definition) is 2. The molecule has 0 amide bonds. The van der Waals surface area contributed by atoms with Crippen LogP contribution >= 0.6 is 0 Å². The molecule has 1 atom stereocenters. The van der Waals surface area contributed by atoms with Gasteiger partial charge in [-0.05, 0) is 26.3 Å². The maximum absolute atomic E-state index is 9.89. The first-order chi connectivity index (χ1) is 10.4. The van der Waals surface area contributed by atoms with Gasteiger partial charge in [-0.1, -0.05) is 30.3 Å². The summed E-state index contributed by atoms with van der Waals surface area (Å²) in [5.74, 6) is 0.533. The zero-order valence-corrected chi connectivity index (χ0v) is 13.5. The minimum absolute atomic E-state index is 0.0156. The number of benzene rings is 1. The van der Waals surface area contributed by atoms with E-state index in [4.69, 9.17) is 4.74 Å². The van der Waals surface area contributed by atoms with Gasteiger partial charge in [-0.2, -0.15) is 0 Å². The zero-order valence-electron chi connectivity index (χ0n) is 13.5. The van der Waals surface area contributed by atoms with Crippen molar-refractivity contribution in [1.82, 2.24) is 15.1 Å². The Labute approximate surface area is 131 Å². The molecule has 5 heteroatoms. The number of rotatable bonds is 7. The summed E-state index contributed by atoms with van der Waals surface area (Å²) in [5.41, 5.74) is 1.17. The standard InChI is InChI=1S/C17H25N3O2/c1-17(2,3)18-11-15(21)13-22-16-9-10-20(19-16)12-14-7-5-4-6-8-14/h4-10,15,18,21H,11-13H2,1-3H3. The molecule has 120 valence electrons. The van der Waals surface area contributed by atoms with Crippen molar-refractivity contribution in [3.63, 3.8) is 0 Å². The quantitative estimate of drug-likeness (QED) is 0.822. The molecule has 2 N–H and O–H groups in total. The molecule has 0 saturated heterocycles. The molecule has 5 nitrogen and oxygen atoms in total. The van der Waals surface area contributed by atoms with Crippen LogP contribution in [0.5, 0.6) is 5.88 Å². The van der Waals surface area contributed by atoms with E-state index in [9.17, 15) is 5.11 Å². The van der Waals surface area contributed by atoms with Crippen LogP contribution in [-0.4, -0.2) is 39.7 Å². The van der Waals surface area contributed by atoms with Gasteiger partial charge in [-0.25, -0.2) is 0 Å². The highest BCUT2D eigenvalue weighted by molar-refractivity contribution is 5.15. The zero-order chi connectivity index (χ0) is 16.0. The first kappa shape index (κ1) is 16.5. The molecular weight excluding hydrogens is 278 g/mol. The first-order valence-electron chi connectivity index (χ1n) is 7.56. The van der Waals surface area contributed by atoms with Crippen molar-refractivity contribution < 1.29 is 9.84 Å². The van der Waals surface area contributed by atoms with Crippen LogP contribution in [0.15, 0.2) is 42.6 Å². The van der Waals surface area contributed by atoms with Crippen LogP contribution in [-0.2, 0) is 6.54 Å². The minimum Gasteiger partial charge on any atom is -0.474 e. The summed E-state index contributed by atoms with van der Waals surface area (Å²) in [7, 11) is 0. The van der Waals surface area contributed by atoms with E-state index in [1.165, 1.54) is 5.56 Å². The van der Waals surface area contributed by atoms with Crippen LogP contribution in [0.3, 0.4) is 0 Å². The van der Waals surface area contributed by atoms with Gasteiger partial charge in [0.25, 0.3) is 0 Å². The maximum atomic E-state index is 9.89. The molecule has 2 rings (SSSR count). The topological polar surface area (TPSA) is 59.3 Å². The highest BCUT2D eigenvalue weighted by Crippen LogP contribution is 2.09. The van der Waals surface area contributed by atoms with E-state index in [-0.39, 0.29) is 12.1 Å². The summed E-state index contributed by atoms with van der Waals surface area (Å²) >= 11 is 0. The Bertz CT molecular complexity index is 561. The maximum Gasteiger partial charge on any atom is 0.232 e. The molecule has 0 aliphatic carbocycles. The van der Waals surface area contributed by atoms with E-state index in [1.54, 1.807) is 0 Å². The van der Waals surface area contributed by atoms with Gasteiger partial charge in [0.15, 0.2) is 0 Å². The molecule has 2 aromatic rings. The molecular formula is C17H25N3O2. The lowest BCUT2D eigenvalue weighted by atomic mass is 10.1. The smallest absolute Gasteiger partial charge is 0.232 e. The van der Waals surface area contributed by atoms with E-state index in [0.29, 0.717) is 19.0 Å². The summed E-state index contributed by atoms with van der Waals surface area (Å²) in [6.45, 7) is 7.61. The molecule has 1 aromatic heterocycles. The number of nitrogens with one attached hydrogen (secondary N) is 1. The summed E-state index contributed by atoms with van der Waals surface area (Å²) in [6.07, 6.45) is 1.32. The molecule has 1 unspecified atom stereocenters. The molecule has 22 heavy (non-hydrogen) atoms. The predicted molar refractivity (Wildman–Crippen MR) is 87.0 cm³/mol. The Morgan fingerprint density at radius 2 is 1.95 bits per heavy atom. The fraction of sp³-hybridized carbons (Fsp3) is 0.471. The van der Waals surface area contributed by atoms with Crippen molar-refractivity contribution in [3.8, 4) is 5.88 Å². The number of aliphatic hydroxyl groups is 1. The van der Waals surface area contributed by atoms with Gasteiger partial charge in [0, 0.05) is 24.3 Å². The normalized spacial score (nSPS) is 13.1. The monoisotopic (exact) mass is 303 g/mol. The second-order valence-corrected chi connectivity index (χ2v) is 6.43. The molecule has 0 saturated carbocycles. The number of aromatic nitrogens is 2. The van der Waals surface area contributed by atoms with Crippen molar-refractivity contribution >= 4 is 0 Å². The summed E-state index contributed by atoms with van der Waals surface area (Å²) in [5, 5.41) is 17.5. The average molecular weight is 303 g/mol. The Hall–Kier alpha value is -1.85. The average Bonchev–Trinajstić information content (AvgIpc) is 2.91. The van der Waals surface area contributed by atoms with Crippen LogP contribution < -0.4 is 10.1 Å². The summed E-state index contributed by atoms with van der Waals surface area (Å²) in [4.78, 5) is 0. The van der Waals surface area contributed by atoms with E-state index >= 15 is 0 Å². The van der Waals surface area contributed by atoms with E-state index in [0.717, 1.165) is 0 Å². The molecule has 0 aliphatic rings. The second kappa shape index (κ2) is 7.42. The van der Waals surface area contributed by atoms with Crippen LogP contribution in [0.1, 0.15) is 26.3 Å². The summed E-state index contributed by atoms with van der Waals surface area (Å²) < 4.78 is 7.35. The molecule has 1 heterocycles. The van der Waals surface area contributed by atoms with Gasteiger partial charge in [0.2, 0.25) is 5.88 Å². The fourth-order valence-electron chi connectivity index (χ4n) is 1.94. The Balaban J connectivity index is 1.77. The van der Waals surface area contributed by atoms with Gasteiger partial charge < -0.3 is 15.2 Å². The lowest BCUT2D eigenvalue weighted by Gasteiger charge is -2.22. The minimum atomic E-state index is -0.557. The molecule has 0 aliphatic heterocycles. The van der Waals surface area contributed by atoms with Crippen LogP contribution in [0.2, 0.25) is 0 Å². The predicted octanol–water partition coefficient (Wildman–Crippen LogP) is 2.06. The van der Waals surface area contributed by atoms with Gasteiger partial charge in [0.05, 0.1) is 6.54 Å². The van der Waals surface area contributed by atoms with Crippen molar-refractivity contribution in [1.29, 1.82) is 0 Å². The Morgan fingerprint density at radius 3 is 2.64 bits per heavy atom. The van der Waals surface area contributed by atoms with E-state index < -0.39 is 6.10 Å².